The molecule has 6 heteroatoms. The third-order valence-corrected chi connectivity index (χ3v) is 9.82. The quantitative estimate of drug-likeness (QED) is 0.777. The number of Topliss-reactive ketones (excluding diaryl/α,β-unsaturated/α-hetero) is 1. The third-order valence-electron chi connectivity index (χ3n) is 9.82. The number of hydrogen-bond donors (Lipinski definition) is 1. The minimum atomic E-state index is -1.08. The first-order valence-electron chi connectivity index (χ1n) is 12.1. The van der Waals surface area contributed by atoms with Crippen molar-refractivity contribution in [1.82, 2.24) is 9.78 Å². The Bertz CT molecular complexity index is 894. The molecule has 1 heterocycles. The number of halogens is 1. The number of aromatic nitrogens is 2. The van der Waals surface area contributed by atoms with Gasteiger partial charge in [-0.3, -0.25) is 9.48 Å². The van der Waals surface area contributed by atoms with Gasteiger partial charge in [0.2, 0.25) is 0 Å². The van der Waals surface area contributed by atoms with E-state index < -0.39 is 12.3 Å². The van der Waals surface area contributed by atoms with E-state index in [0.717, 1.165) is 38.5 Å². The fraction of sp³-hybridized carbons (Fsp3) is 0.800. The summed E-state index contributed by atoms with van der Waals surface area (Å²) < 4.78 is 15.0. The number of nitriles is 1. The molecule has 1 N–H and O–H groups in total. The molecule has 4 aliphatic rings. The normalized spacial score (nSPS) is 44.1. The molecule has 0 amide bonds. The van der Waals surface area contributed by atoms with Gasteiger partial charge in [0.1, 0.15) is 12.7 Å². The van der Waals surface area contributed by atoms with Crippen molar-refractivity contribution in [1.29, 1.82) is 5.26 Å². The van der Waals surface area contributed by atoms with Crippen molar-refractivity contribution in [2.75, 3.05) is 6.67 Å². The van der Waals surface area contributed by atoms with E-state index in [1.807, 2.05) is 0 Å². The number of rotatable bonds is 4. The van der Waals surface area contributed by atoms with Crippen LogP contribution in [0, 0.1) is 52.3 Å². The molecule has 5 nitrogen and oxygen atoms in total. The summed E-state index contributed by atoms with van der Waals surface area (Å²) >= 11 is 0. The Morgan fingerprint density at radius 3 is 2.77 bits per heavy atom. The van der Waals surface area contributed by atoms with Crippen molar-refractivity contribution in [3.8, 4) is 6.07 Å². The monoisotopic (exact) mass is 427 g/mol. The molecule has 1 aromatic rings. The molecule has 0 spiro atoms. The van der Waals surface area contributed by atoms with Gasteiger partial charge in [-0.1, -0.05) is 6.92 Å². The minimum Gasteiger partial charge on any atom is -0.387 e. The Balaban J connectivity index is 1.29. The first-order valence-corrected chi connectivity index (χ1v) is 12.1. The van der Waals surface area contributed by atoms with Crippen LogP contribution >= 0.6 is 0 Å². The zero-order valence-corrected chi connectivity index (χ0v) is 18.5. The highest BCUT2D eigenvalue weighted by molar-refractivity contribution is 5.82. The molecule has 8 atom stereocenters. The summed E-state index contributed by atoms with van der Waals surface area (Å²) in [4.78, 5) is 13.3. The van der Waals surface area contributed by atoms with E-state index in [9.17, 15) is 14.3 Å². The predicted molar refractivity (Wildman–Crippen MR) is 113 cm³/mol. The minimum absolute atomic E-state index is 0.0602. The number of alkyl halides is 1. The van der Waals surface area contributed by atoms with Crippen LogP contribution in [0.15, 0.2) is 12.4 Å². The highest BCUT2D eigenvalue weighted by Gasteiger charge is 2.59. The Morgan fingerprint density at radius 2 is 2.03 bits per heavy atom. The van der Waals surface area contributed by atoms with Crippen LogP contribution in [0.2, 0.25) is 0 Å². The summed E-state index contributed by atoms with van der Waals surface area (Å²) in [5, 5.41) is 23.7. The van der Waals surface area contributed by atoms with E-state index in [4.69, 9.17) is 5.26 Å². The van der Waals surface area contributed by atoms with E-state index in [1.54, 1.807) is 10.9 Å². The molecule has 4 fully saturated rings. The lowest BCUT2D eigenvalue weighted by Gasteiger charge is -2.56. The molecule has 0 radical (unpaired) electrons. The number of carbonyl (C=O) groups is 1. The lowest BCUT2D eigenvalue weighted by atomic mass is 9.49. The van der Waals surface area contributed by atoms with Crippen LogP contribution in [-0.4, -0.2) is 32.9 Å². The summed E-state index contributed by atoms with van der Waals surface area (Å²) in [6.45, 7) is 2.00. The lowest BCUT2D eigenvalue weighted by molar-refractivity contribution is -0.134. The fourth-order valence-electron chi connectivity index (χ4n) is 8.39. The molecule has 0 aromatic carbocycles. The maximum atomic E-state index is 13.4. The Labute approximate surface area is 184 Å². The highest BCUT2D eigenvalue weighted by Crippen LogP contribution is 2.64. The summed E-state index contributed by atoms with van der Waals surface area (Å²) in [5.41, 5.74) is -0.530. The Morgan fingerprint density at radius 1 is 1.23 bits per heavy atom. The van der Waals surface area contributed by atoms with Gasteiger partial charge in [0.25, 0.3) is 0 Å². The second kappa shape index (κ2) is 7.69. The van der Waals surface area contributed by atoms with Crippen molar-refractivity contribution in [3.63, 3.8) is 0 Å². The number of ketones is 1. The smallest absolute Gasteiger partial charge is 0.157 e. The van der Waals surface area contributed by atoms with Gasteiger partial charge in [0.05, 0.1) is 23.9 Å². The number of nitrogens with zero attached hydrogens (tertiary/aromatic N) is 3. The Hall–Kier alpha value is -1.74. The van der Waals surface area contributed by atoms with Gasteiger partial charge >= 0.3 is 0 Å². The van der Waals surface area contributed by atoms with Crippen molar-refractivity contribution < 1.29 is 14.3 Å². The van der Waals surface area contributed by atoms with E-state index >= 15 is 0 Å². The summed E-state index contributed by atoms with van der Waals surface area (Å²) in [6, 6.07) is 2.07. The van der Waals surface area contributed by atoms with Gasteiger partial charge in [-0.05, 0) is 92.8 Å². The Kier molecular flexibility index (Phi) is 5.24. The second-order valence-corrected chi connectivity index (χ2v) is 11.2. The molecule has 5 rings (SSSR count). The van der Waals surface area contributed by atoms with Crippen LogP contribution in [-0.2, 0) is 11.3 Å². The maximum absolute atomic E-state index is 13.4. The summed E-state index contributed by atoms with van der Waals surface area (Å²) in [6.07, 6.45) is 12.0. The summed E-state index contributed by atoms with van der Waals surface area (Å²) in [7, 11) is 0. The predicted octanol–water partition coefficient (Wildman–Crippen LogP) is 4.29. The van der Waals surface area contributed by atoms with Gasteiger partial charge in [0.15, 0.2) is 5.78 Å². The molecule has 31 heavy (non-hydrogen) atoms. The van der Waals surface area contributed by atoms with E-state index in [0.29, 0.717) is 48.0 Å². The average molecular weight is 428 g/mol. The van der Waals surface area contributed by atoms with Crippen molar-refractivity contribution >= 4 is 5.78 Å². The first-order chi connectivity index (χ1) is 14.9. The van der Waals surface area contributed by atoms with Crippen LogP contribution in [0.4, 0.5) is 4.39 Å². The van der Waals surface area contributed by atoms with Gasteiger partial charge in [-0.2, -0.15) is 10.4 Å². The molecule has 0 unspecified atom stereocenters. The van der Waals surface area contributed by atoms with Crippen molar-refractivity contribution in [2.24, 2.45) is 40.9 Å². The van der Waals surface area contributed by atoms with Crippen molar-refractivity contribution in [3.05, 3.63) is 18.0 Å². The van der Waals surface area contributed by atoms with Gasteiger partial charge in [0, 0.05) is 12.1 Å². The number of hydrogen-bond acceptors (Lipinski definition) is 4. The first kappa shape index (κ1) is 21.1. The SMILES string of the molecule is C[C@]12CC[C@H]3[C@@H](CC[C@H]4C[C@@](O)(CF)CC[C@@H]43)[C@@H]1CC[C@@H]2C(=O)Cn1cc(C#N)cn1. The van der Waals surface area contributed by atoms with E-state index in [-0.39, 0.29) is 23.7 Å². The topological polar surface area (TPSA) is 78.9 Å². The van der Waals surface area contributed by atoms with Crippen LogP contribution in [0.3, 0.4) is 0 Å². The highest BCUT2D eigenvalue weighted by atomic mass is 19.1. The standard InChI is InChI=1S/C25H34FN3O2/c1-24-8-6-19-18-7-9-25(31,15-26)10-17(18)2-3-20(19)21(24)4-5-22(24)23(30)14-29-13-16(11-27)12-28-29/h12-13,17-22,31H,2-10,14-15H2,1H3/t17-,18-,19+,20+,21-,22+,24-,25+/m0/s1. The van der Waals surface area contributed by atoms with Crippen molar-refractivity contribution in [2.45, 2.75) is 76.9 Å². The molecule has 4 saturated carbocycles. The third kappa shape index (κ3) is 3.44. The molecule has 0 aliphatic heterocycles. The second-order valence-electron chi connectivity index (χ2n) is 11.2. The van der Waals surface area contributed by atoms with Gasteiger partial charge in [-0.15, -0.1) is 0 Å². The van der Waals surface area contributed by atoms with Crippen LogP contribution < -0.4 is 0 Å². The molecular weight excluding hydrogens is 393 g/mol. The zero-order valence-electron chi connectivity index (χ0n) is 18.5. The molecule has 0 saturated heterocycles. The molecule has 4 aliphatic carbocycles. The maximum Gasteiger partial charge on any atom is 0.157 e. The van der Waals surface area contributed by atoms with Gasteiger partial charge in [-0.25, -0.2) is 4.39 Å². The zero-order chi connectivity index (χ0) is 21.8. The van der Waals surface area contributed by atoms with Crippen LogP contribution in [0.5, 0.6) is 0 Å². The molecule has 1 aromatic heterocycles. The number of carbonyl (C=O) groups excluding carboxylic acids is 1. The van der Waals surface area contributed by atoms with E-state index in [1.165, 1.54) is 12.6 Å². The van der Waals surface area contributed by atoms with E-state index in [2.05, 4.69) is 18.1 Å². The van der Waals surface area contributed by atoms with Gasteiger partial charge < -0.3 is 5.11 Å². The van der Waals surface area contributed by atoms with Crippen LogP contribution in [0.1, 0.15) is 70.3 Å². The fourth-order valence-corrected chi connectivity index (χ4v) is 8.39. The van der Waals surface area contributed by atoms with Crippen LogP contribution in [0.25, 0.3) is 0 Å². The number of aliphatic hydroxyl groups is 1. The lowest BCUT2D eigenvalue weighted by Crippen LogP contribution is -2.52. The molecule has 0 bridgehead atoms. The largest absolute Gasteiger partial charge is 0.387 e. The summed E-state index contributed by atoms with van der Waals surface area (Å²) in [5.74, 6) is 3.37. The molecular formula is C25H34FN3O2. The molecule has 168 valence electrons. The average Bonchev–Trinajstić information content (AvgIpc) is 3.36. The number of fused-ring (bicyclic) bond motifs is 5.